The lowest BCUT2D eigenvalue weighted by atomic mass is 10.1. The number of aromatic hydroxyl groups is 1. The lowest BCUT2D eigenvalue weighted by Gasteiger charge is -2.14. The molecule has 0 unspecified atom stereocenters. The maximum Gasteiger partial charge on any atom is 0.333 e. The Labute approximate surface area is 210 Å². The molecule has 2 rings (SSSR count). The molecule has 1 aromatic heterocycles. The molecule has 0 saturated carbocycles. The first-order valence-electron chi connectivity index (χ1n) is 11.2. The standard InChI is InChI=1S/C27H30N4O5/c1-17(2)20(6)35-14-7-13-31-25(32)23(16-28)19(5)24(26(31)33)30-29-22-10-8-21(9-11-22)12-15-36-27(34)18(3)4/h8-11,33H,1,3,6-7,12-15H2,2,4-5H3/b30-29+. The number of aromatic nitrogens is 1. The molecular formula is C27H30N4O5. The van der Waals surface area contributed by atoms with Crippen molar-refractivity contribution in [3.63, 3.8) is 0 Å². The monoisotopic (exact) mass is 490 g/mol. The van der Waals surface area contributed by atoms with E-state index in [9.17, 15) is 20.0 Å². The van der Waals surface area contributed by atoms with Gasteiger partial charge in [0.2, 0.25) is 5.88 Å². The molecule has 0 bridgehead atoms. The van der Waals surface area contributed by atoms with Crippen LogP contribution in [0.25, 0.3) is 0 Å². The molecule has 9 heteroatoms. The summed E-state index contributed by atoms with van der Waals surface area (Å²) in [6.45, 7) is 16.5. The average Bonchev–Trinajstić information content (AvgIpc) is 2.84. The van der Waals surface area contributed by atoms with Gasteiger partial charge in [-0.2, -0.15) is 10.4 Å². The summed E-state index contributed by atoms with van der Waals surface area (Å²) in [5.74, 6) is -0.366. The van der Waals surface area contributed by atoms with E-state index in [0.717, 1.165) is 10.1 Å². The van der Waals surface area contributed by atoms with Crippen LogP contribution in [0, 0.1) is 18.3 Å². The molecule has 36 heavy (non-hydrogen) atoms. The van der Waals surface area contributed by atoms with Crippen LogP contribution in [0.3, 0.4) is 0 Å². The van der Waals surface area contributed by atoms with Gasteiger partial charge in [-0.15, -0.1) is 5.11 Å². The van der Waals surface area contributed by atoms with Gasteiger partial charge < -0.3 is 14.6 Å². The minimum Gasteiger partial charge on any atom is -0.494 e. The SMILES string of the molecule is C=C(C)C(=C)OCCCn1c(O)c(/N=N/c2ccc(CCOC(=O)C(=C)C)cc2)c(C)c(C#N)c1=O. The molecule has 2 aromatic rings. The molecular weight excluding hydrogens is 460 g/mol. The van der Waals surface area contributed by atoms with Gasteiger partial charge in [0.1, 0.15) is 17.4 Å². The summed E-state index contributed by atoms with van der Waals surface area (Å²) in [6, 6.07) is 8.96. The highest BCUT2D eigenvalue weighted by Gasteiger charge is 2.19. The lowest BCUT2D eigenvalue weighted by Crippen LogP contribution is -2.24. The molecule has 0 aliphatic heterocycles. The summed E-state index contributed by atoms with van der Waals surface area (Å²) in [6.07, 6.45) is 0.906. The molecule has 0 spiro atoms. The smallest absolute Gasteiger partial charge is 0.333 e. The molecule has 0 saturated heterocycles. The number of allylic oxidation sites excluding steroid dienone is 1. The Kier molecular flexibility index (Phi) is 9.93. The zero-order valence-electron chi connectivity index (χ0n) is 20.8. The number of hydrogen-bond acceptors (Lipinski definition) is 8. The normalized spacial score (nSPS) is 10.6. The van der Waals surface area contributed by atoms with Crippen LogP contribution in [0.4, 0.5) is 11.4 Å². The van der Waals surface area contributed by atoms with E-state index in [4.69, 9.17) is 9.47 Å². The molecule has 1 N–H and O–H groups in total. The van der Waals surface area contributed by atoms with E-state index in [1.54, 1.807) is 26.0 Å². The molecule has 0 amide bonds. The fourth-order valence-corrected chi connectivity index (χ4v) is 3.03. The van der Waals surface area contributed by atoms with Crippen LogP contribution in [0.1, 0.15) is 37.0 Å². The van der Waals surface area contributed by atoms with Gasteiger partial charge in [0.15, 0.2) is 5.69 Å². The number of esters is 1. The number of benzene rings is 1. The van der Waals surface area contributed by atoms with Crippen LogP contribution in [0.2, 0.25) is 0 Å². The Balaban J connectivity index is 2.17. The quantitative estimate of drug-likeness (QED) is 0.107. The third kappa shape index (κ3) is 7.27. The van der Waals surface area contributed by atoms with Crippen molar-refractivity contribution in [3.8, 4) is 11.9 Å². The van der Waals surface area contributed by atoms with E-state index in [0.29, 0.717) is 35.4 Å². The van der Waals surface area contributed by atoms with Gasteiger partial charge in [-0.3, -0.25) is 9.36 Å². The van der Waals surface area contributed by atoms with E-state index in [-0.39, 0.29) is 42.5 Å². The molecule has 9 nitrogen and oxygen atoms in total. The number of carbonyl (C=O) groups is 1. The molecule has 0 aliphatic carbocycles. The van der Waals surface area contributed by atoms with Crippen molar-refractivity contribution in [2.75, 3.05) is 13.2 Å². The first-order valence-corrected chi connectivity index (χ1v) is 11.2. The number of azo groups is 1. The molecule has 0 fully saturated rings. The lowest BCUT2D eigenvalue weighted by molar-refractivity contribution is -0.138. The summed E-state index contributed by atoms with van der Waals surface area (Å²) in [5, 5.41) is 28.5. The van der Waals surface area contributed by atoms with Crippen molar-refractivity contribution in [1.82, 2.24) is 4.57 Å². The van der Waals surface area contributed by atoms with Crippen LogP contribution in [0.15, 0.2) is 75.9 Å². The predicted molar refractivity (Wildman–Crippen MR) is 136 cm³/mol. The van der Waals surface area contributed by atoms with Crippen molar-refractivity contribution in [2.24, 2.45) is 10.2 Å². The zero-order chi connectivity index (χ0) is 26.8. The highest BCUT2D eigenvalue weighted by atomic mass is 16.5. The molecule has 0 aliphatic rings. The molecule has 0 atom stereocenters. The first-order chi connectivity index (χ1) is 17.1. The minimum atomic E-state index is -0.609. The predicted octanol–water partition coefficient (Wildman–Crippen LogP) is 5.31. The number of ether oxygens (including phenoxy) is 2. The molecule has 1 heterocycles. The third-order valence-electron chi connectivity index (χ3n) is 5.22. The van der Waals surface area contributed by atoms with Crippen LogP contribution in [-0.4, -0.2) is 28.9 Å². The number of pyridine rings is 1. The summed E-state index contributed by atoms with van der Waals surface area (Å²) in [5.41, 5.74) is 2.02. The van der Waals surface area contributed by atoms with Gasteiger partial charge in [-0.25, -0.2) is 4.79 Å². The van der Waals surface area contributed by atoms with Crippen molar-refractivity contribution < 1.29 is 19.4 Å². The van der Waals surface area contributed by atoms with Gasteiger partial charge in [-0.05, 0) is 50.5 Å². The summed E-state index contributed by atoms with van der Waals surface area (Å²) < 4.78 is 11.6. The molecule has 1 aromatic carbocycles. The van der Waals surface area contributed by atoms with Crippen molar-refractivity contribution >= 4 is 17.3 Å². The molecule has 188 valence electrons. The number of nitriles is 1. The Morgan fingerprint density at radius 3 is 2.33 bits per heavy atom. The zero-order valence-corrected chi connectivity index (χ0v) is 20.8. The van der Waals surface area contributed by atoms with Gasteiger partial charge in [0.25, 0.3) is 5.56 Å². The highest BCUT2D eigenvalue weighted by molar-refractivity contribution is 5.86. The number of rotatable bonds is 12. The minimum absolute atomic E-state index is 0.0363. The average molecular weight is 491 g/mol. The fourth-order valence-electron chi connectivity index (χ4n) is 3.03. The number of nitrogens with zero attached hydrogens (tertiary/aromatic N) is 4. The van der Waals surface area contributed by atoms with Crippen LogP contribution < -0.4 is 5.56 Å². The van der Waals surface area contributed by atoms with Crippen LogP contribution in [0.5, 0.6) is 5.88 Å². The van der Waals surface area contributed by atoms with E-state index < -0.39 is 11.5 Å². The Bertz CT molecular complexity index is 1300. The van der Waals surface area contributed by atoms with Crippen molar-refractivity contribution in [1.29, 1.82) is 5.26 Å². The van der Waals surface area contributed by atoms with Crippen molar-refractivity contribution in [3.05, 3.63) is 88.0 Å². The Morgan fingerprint density at radius 2 is 1.75 bits per heavy atom. The van der Waals surface area contributed by atoms with Gasteiger partial charge in [0, 0.05) is 24.1 Å². The first kappa shape index (κ1) is 27.8. The topological polar surface area (TPSA) is 126 Å². The largest absolute Gasteiger partial charge is 0.494 e. The second kappa shape index (κ2) is 12.9. The number of hydrogen-bond donors (Lipinski definition) is 1. The van der Waals surface area contributed by atoms with Crippen molar-refractivity contribution in [2.45, 2.75) is 40.2 Å². The summed E-state index contributed by atoms with van der Waals surface area (Å²) in [4.78, 5) is 24.2. The van der Waals surface area contributed by atoms with E-state index in [1.165, 1.54) is 6.92 Å². The summed E-state index contributed by atoms with van der Waals surface area (Å²) in [7, 11) is 0. The summed E-state index contributed by atoms with van der Waals surface area (Å²) >= 11 is 0. The fraction of sp³-hybridized carbons (Fsp3) is 0.296. The van der Waals surface area contributed by atoms with Gasteiger partial charge >= 0.3 is 5.97 Å². The maximum absolute atomic E-state index is 12.7. The van der Waals surface area contributed by atoms with E-state index >= 15 is 0 Å². The van der Waals surface area contributed by atoms with Gasteiger partial charge in [0.05, 0.1) is 18.9 Å². The van der Waals surface area contributed by atoms with Gasteiger partial charge in [-0.1, -0.05) is 31.9 Å². The number of carbonyl (C=O) groups excluding carboxylic acids is 1. The third-order valence-corrected chi connectivity index (χ3v) is 5.22. The van der Waals surface area contributed by atoms with E-state index in [2.05, 4.69) is 30.0 Å². The molecule has 0 radical (unpaired) electrons. The maximum atomic E-state index is 12.7. The second-order valence-corrected chi connectivity index (χ2v) is 8.18. The Morgan fingerprint density at radius 1 is 1.08 bits per heavy atom. The second-order valence-electron chi connectivity index (χ2n) is 8.18. The van der Waals surface area contributed by atoms with Crippen LogP contribution >= 0.6 is 0 Å². The highest BCUT2D eigenvalue weighted by Crippen LogP contribution is 2.32. The van der Waals surface area contributed by atoms with Crippen LogP contribution in [-0.2, 0) is 27.2 Å². The van der Waals surface area contributed by atoms with E-state index in [1.807, 2.05) is 18.2 Å². The Hall–Kier alpha value is -4.45.